The molecule has 2 nitrogen and oxygen atoms in total. The Morgan fingerprint density at radius 3 is 2.10 bits per heavy atom. The summed E-state index contributed by atoms with van der Waals surface area (Å²) in [7, 11) is 2.06. The van der Waals surface area contributed by atoms with Crippen LogP contribution in [-0.2, 0) is 0 Å². The molecular formula is C18H32N2. The van der Waals surface area contributed by atoms with Crippen molar-refractivity contribution in [3.05, 3.63) is 29.8 Å². The molecule has 0 saturated carbocycles. The van der Waals surface area contributed by atoms with Crippen LogP contribution < -0.4 is 10.2 Å². The summed E-state index contributed by atoms with van der Waals surface area (Å²) in [5.41, 5.74) is 2.88. The van der Waals surface area contributed by atoms with E-state index in [-0.39, 0.29) is 0 Å². The topological polar surface area (TPSA) is 15.3 Å². The SMILES string of the molecule is CCCCN(CCCC)c1ccccc1C(CC)NC. The molecular weight excluding hydrogens is 244 g/mol. The van der Waals surface area contributed by atoms with Crippen LogP contribution in [0.2, 0.25) is 0 Å². The number of nitrogens with one attached hydrogen (secondary N) is 1. The molecule has 0 aromatic heterocycles. The van der Waals surface area contributed by atoms with Crippen LogP contribution >= 0.6 is 0 Å². The monoisotopic (exact) mass is 276 g/mol. The lowest BCUT2D eigenvalue weighted by atomic mass is 10.0. The fourth-order valence-corrected chi connectivity index (χ4v) is 2.70. The second kappa shape index (κ2) is 9.82. The van der Waals surface area contributed by atoms with Gasteiger partial charge in [0, 0.05) is 24.8 Å². The molecule has 114 valence electrons. The molecule has 20 heavy (non-hydrogen) atoms. The second-order valence-electron chi connectivity index (χ2n) is 5.50. The smallest absolute Gasteiger partial charge is 0.0414 e. The maximum absolute atomic E-state index is 3.45. The van der Waals surface area contributed by atoms with Gasteiger partial charge in [-0.2, -0.15) is 0 Å². The number of hydrogen-bond donors (Lipinski definition) is 1. The van der Waals surface area contributed by atoms with Gasteiger partial charge in [0.2, 0.25) is 0 Å². The van der Waals surface area contributed by atoms with Gasteiger partial charge in [-0.05, 0) is 37.9 Å². The molecule has 1 unspecified atom stereocenters. The van der Waals surface area contributed by atoms with Crippen molar-refractivity contribution < 1.29 is 0 Å². The first-order valence-corrected chi connectivity index (χ1v) is 8.29. The number of benzene rings is 1. The maximum Gasteiger partial charge on any atom is 0.0414 e. The number of para-hydroxylation sites is 1. The molecule has 0 aliphatic rings. The maximum atomic E-state index is 3.45. The van der Waals surface area contributed by atoms with Gasteiger partial charge in [-0.25, -0.2) is 0 Å². The molecule has 1 N–H and O–H groups in total. The predicted molar refractivity (Wildman–Crippen MR) is 90.6 cm³/mol. The predicted octanol–water partition coefficient (Wildman–Crippen LogP) is 4.76. The average Bonchev–Trinajstić information content (AvgIpc) is 2.49. The molecule has 0 heterocycles. The molecule has 0 bridgehead atoms. The lowest BCUT2D eigenvalue weighted by Gasteiger charge is -2.29. The number of rotatable bonds is 10. The summed E-state index contributed by atoms with van der Waals surface area (Å²) in [5.74, 6) is 0. The van der Waals surface area contributed by atoms with Gasteiger partial charge in [0.15, 0.2) is 0 Å². The Balaban J connectivity index is 2.98. The molecule has 0 amide bonds. The van der Waals surface area contributed by atoms with E-state index in [2.05, 4.69) is 62.3 Å². The van der Waals surface area contributed by atoms with E-state index in [9.17, 15) is 0 Å². The molecule has 0 fully saturated rings. The van der Waals surface area contributed by atoms with Gasteiger partial charge < -0.3 is 10.2 Å². The van der Waals surface area contributed by atoms with Crippen molar-refractivity contribution in [2.45, 2.75) is 58.9 Å². The first-order chi connectivity index (χ1) is 9.78. The Bertz CT molecular complexity index is 350. The van der Waals surface area contributed by atoms with Crippen LogP contribution in [0.5, 0.6) is 0 Å². The highest BCUT2D eigenvalue weighted by atomic mass is 15.1. The fourth-order valence-electron chi connectivity index (χ4n) is 2.70. The fraction of sp³-hybridized carbons (Fsp3) is 0.667. The van der Waals surface area contributed by atoms with Crippen LogP contribution in [0.3, 0.4) is 0 Å². The van der Waals surface area contributed by atoms with E-state index >= 15 is 0 Å². The summed E-state index contributed by atoms with van der Waals surface area (Å²) < 4.78 is 0. The van der Waals surface area contributed by atoms with Crippen molar-refractivity contribution >= 4 is 5.69 Å². The highest BCUT2D eigenvalue weighted by Crippen LogP contribution is 2.28. The normalized spacial score (nSPS) is 12.4. The third-order valence-electron chi connectivity index (χ3n) is 3.97. The summed E-state index contributed by atoms with van der Waals surface area (Å²) in [6, 6.07) is 9.37. The summed E-state index contributed by atoms with van der Waals surface area (Å²) in [4.78, 5) is 2.59. The van der Waals surface area contributed by atoms with Gasteiger partial charge in [-0.1, -0.05) is 51.8 Å². The molecule has 2 heteroatoms. The Morgan fingerprint density at radius 2 is 1.60 bits per heavy atom. The first kappa shape index (κ1) is 17.0. The van der Waals surface area contributed by atoms with Crippen LogP contribution in [-0.4, -0.2) is 20.1 Å². The Morgan fingerprint density at radius 1 is 1.00 bits per heavy atom. The zero-order valence-corrected chi connectivity index (χ0v) is 13.8. The Hall–Kier alpha value is -1.02. The van der Waals surface area contributed by atoms with Crippen molar-refractivity contribution in [2.24, 2.45) is 0 Å². The molecule has 0 spiro atoms. The number of hydrogen-bond acceptors (Lipinski definition) is 2. The van der Waals surface area contributed by atoms with Crippen molar-refractivity contribution in [3.63, 3.8) is 0 Å². The van der Waals surface area contributed by atoms with E-state index in [1.807, 2.05) is 0 Å². The van der Waals surface area contributed by atoms with Gasteiger partial charge in [-0.3, -0.25) is 0 Å². The van der Waals surface area contributed by atoms with E-state index in [0.717, 1.165) is 6.42 Å². The van der Waals surface area contributed by atoms with Crippen LogP contribution in [0.4, 0.5) is 5.69 Å². The van der Waals surface area contributed by atoms with Crippen molar-refractivity contribution in [2.75, 3.05) is 25.0 Å². The zero-order valence-electron chi connectivity index (χ0n) is 13.8. The molecule has 1 aromatic carbocycles. The summed E-state index contributed by atoms with van der Waals surface area (Å²) in [5, 5.41) is 3.45. The molecule has 0 radical (unpaired) electrons. The summed E-state index contributed by atoms with van der Waals surface area (Å²) >= 11 is 0. The largest absolute Gasteiger partial charge is 0.371 e. The molecule has 1 atom stereocenters. The number of anilines is 1. The van der Waals surface area contributed by atoms with Crippen LogP contribution in [0, 0.1) is 0 Å². The molecule has 0 saturated heterocycles. The van der Waals surface area contributed by atoms with Gasteiger partial charge in [0.1, 0.15) is 0 Å². The summed E-state index contributed by atoms with van der Waals surface area (Å²) in [6.45, 7) is 9.14. The Kier molecular flexibility index (Phi) is 8.36. The lowest BCUT2D eigenvalue weighted by molar-refractivity contribution is 0.572. The van der Waals surface area contributed by atoms with E-state index in [1.54, 1.807) is 0 Å². The van der Waals surface area contributed by atoms with E-state index in [0.29, 0.717) is 6.04 Å². The van der Waals surface area contributed by atoms with Crippen molar-refractivity contribution in [1.29, 1.82) is 0 Å². The van der Waals surface area contributed by atoms with Crippen molar-refractivity contribution in [3.8, 4) is 0 Å². The van der Waals surface area contributed by atoms with Crippen molar-refractivity contribution in [1.82, 2.24) is 5.32 Å². The minimum atomic E-state index is 0.456. The van der Waals surface area contributed by atoms with Crippen LogP contribution in [0.1, 0.15) is 64.5 Å². The quantitative estimate of drug-likeness (QED) is 0.662. The van der Waals surface area contributed by atoms with Crippen LogP contribution in [0.25, 0.3) is 0 Å². The van der Waals surface area contributed by atoms with Gasteiger partial charge in [0.05, 0.1) is 0 Å². The third kappa shape index (κ3) is 4.82. The number of nitrogens with zero attached hydrogens (tertiary/aromatic N) is 1. The number of unbranched alkanes of at least 4 members (excludes halogenated alkanes) is 2. The average molecular weight is 276 g/mol. The van der Waals surface area contributed by atoms with Gasteiger partial charge in [-0.15, -0.1) is 0 Å². The van der Waals surface area contributed by atoms with E-state index in [1.165, 1.54) is 50.0 Å². The van der Waals surface area contributed by atoms with Gasteiger partial charge >= 0.3 is 0 Å². The van der Waals surface area contributed by atoms with Gasteiger partial charge in [0.25, 0.3) is 0 Å². The van der Waals surface area contributed by atoms with E-state index in [4.69, 9.17) is 0 Å². The Labute approximate surface area is 125 Å². The summed E-state index contributed by atoms with van der Waals surface area (Å²) in [6.07, 6.45) is 6.19. The standard InChI is InChI=1S/C18H32N2/c1-5-8-14-20(15-9-6-2)18-13-11-10-12-16(18)17(7-3)19-4/h10-13,17,19H,5-9,14-15H2,1-4H3. The highest BCUT2D eigenvalue weighted by molar-refractivity contribution is 5.55. The highest BCUT2D eigenvalue weighted by Gasteiger charge is 2.15. The third-order valence-corrected chi connectivity index (χ3v) is 3.97. The minimum absolute atomic E-state index is 0.456. The zero-order chi connectivity index (χ0) is 14.8. The van der Waals surface area contributed by atoms with E-state index < -0.39 is 0 Å². The molecule has 0 aliphatic heterocycles. The second-order valence-corrected chi connectivity index (χ2v) is 5.50. The lowest BCUT2D eigenvalue weighted by Crippen LogP contribution is -2.28. The molecule has 0 aliphatic carbocycles. The molecule has 1 rings (SSSR count). The minimum Gasteiger partial charge on any atom is -0.371 e. The van der Waals surface area contributed by atoms with Crippen LogP contribution in [0.15, 0.2) is 24.3 Å². The molecule has 1 aromatic rings. The first-order valence-electron chi connectivity index (χ1n) is 8.29.